The van der Waals surface area contributed by atoms with Crippen molar-refractivity contribution in [1.82, 2.24) is 16.0 Å². The Bertz CT molecular complexity index is 574. The molecule has 1 aliphatic rings. The average Bonchev–Trinajstić information content (AvgIpc) is 3.26. The Balaban J connectivity index is 1.84. The summed E-state index contributed by atoms with van der Waals surface area (Å²) in [6, 6.07) is 3.85. The maximum Gasteiger partial charge on any atom is 0.407 e. The van der Waals surface area contributed by atoms with Crippen LogP contribution < -0.4 is 16.0 Å². The van der Waals surface area contributed by atoms with Crippen LogP contribution in [0.4, 0.5) is 4.79 Å². The van der Waals surface area contributed by atoms with Gasteiger partial charge in [-0.25, -0.2) is 4.79 Å². The van der Waals surface area contributed by atoms with Crippen molar-refractivity contribution in [3.8, 4) is 0 Å². The molecule has 1 aliphatic carbocycles. The van der Waals surface area contributed by atoms with Gasteiger partial charge >= 0.3 is 6.09 Å². The van der Waals surface area contributed by atoms with Crippen molar-refractivity contribution in [3.05, 3.63) is 24.2 Å². The Labute approximate surface area is 156 Å². The fourth-order valence-corrected chi connectivity index (χ4v) is 2.56. The highest BCUT2D eigenvalue weighted by Crippen LogP contribution is 2.33. The van der Waals surface area contributed by atoms with Crippen LogP contribution in [0.25, 0.3) is 0 Å². The van der Waals surface area contributed by atoms with Gasteiger partial charge < -0.3 is 25.1 Å². The minimum absolute atomic E-state index is 0.00498. The number of aliphatic imine (C=N–C) groups is 1. The van der Waals surface area contributed by atoms with Crippen LogP contribution in [0.1, 0.15) is 46.3 Å². The van der Waals surface area contributed by atoms with Gasteiger partial charge in [0.25, 0.3) is 0 Å². The molecular formula is C19H32N4O3. The summed E-state index contributed by atoms with van der Waals surface area (Å²) in [5, 5.41) is 9.51. The first kappa shape index (κ1) is 20.1. The molecule has 1 saturated carbocycles. The second-order valence-electron chi connectivity index (χ2n) is 7.57. The van der Waals surface area contributed by atoms with Gasteiger partial charge in [0, 0.05) is 19.5 Å². The lowest BCUT2D eigenvalue weighted by atomic mass is 10.2. The highest BCUT2D eigenvalue weighted by molar-refractivity contribution is 5.79. The average molecular weight is 364 g/mol. The zero-order chi connectivity index (χ0) is 19.0. The number of guanidine groups is 1. The first-order valence-electron chi connectivity index (χ1n) is 9.41. The highest BCUT2D eigenvalue weighted by Gasteiger charge is 2.33. The van der Waals surface area contributed by atoms with E-state index in [0.717, 1.165) is 44.1 Å². The van der Waals surface area contributed by atoms with E-state index in [1.54, 1.807) is 6.26 Å². The van der Waals surface area contributed by atoms with Crippen LogP contribution in [-0.2, 0) is 11.2 Å². The third kappa shape index (κ3) is 7.80. The Hall–Kier alpha value is -2.18. The van der Waals surface area contributed by atoms with Gasteiger partial charge in [-0.3, -0.25) is 4.99 Å². The lowest BCUT2D eigenvalue weighted by molar-refractivity contribution is 0.0500. The van der Waals surface area contributed by atoms with Gasteiger partial charge in [0.05, 0.1) is 18.8 Å². The number of carbonyl (C=O) groups excluding carboxylic acids is 1. The number of nitrogens with zero attached hydrogens (tertiary/aromatic N) is 1. The summed E-state index contributed by atoms with van der Waals surface area (Å²) in [5.74, 6) is 2.17. The molecule has 1 amide bonds. The first-order chi connectivity index (χ1) is 12.4. The van der Waals surface area contributed by atoms with E-state index in [1.807, 2.05) is 39.8 Å². The number of hydrogen-bond donors (Lipinski definition) is 3. The summed E-state index contributed by atoms with van der Waals surface area (Å²) in [4.78, 5) is 16.7. The van der Waals surface area contributed by atoms with Crippen molar-refractivity contribution in [2.24, 2.45) is 10.9 Å². The topological polar surface area (TPSA) is 87.9 Å². The minimum Gasteiger partial charge on any atom is -0.469 e. The molecule has 146 valence electrons. The molecule has 1 unspecified atom stereocenters. The van der Waals surface area contributed by atoms with Crippen LogP contribution in [0.2, 0.25) is 0 Å². The van der Waals surface area contributed by atoms with Crippen molar-refractivity contribution in [2.45, 2.75) is 58.6 Å². The molecule has 0 aliphatic heterocycles. The number of amides is 1. The zero-order valence-corrected chi connectivity index (χ0v) is 16.3. The minimum atomic E-state index is -0.496. The molecule has 1 aromatic heterocycles. The number of carbonyl (C=O) groups is 1. The van der Waals surface area contributed by atoms with E-state index in [2.05, 4.69) is 20.9 Å². The summed E-state index contributed by atoms with van der Waals surface area (Å²) in [6.07, 6.45) is 4.34. The molecule has 1 aromatic rings. The number of furan rings is 1. The van der Waals surface area contributed by atoms with Gasteiger partial charge in [-0.2, -0.15) is 0 Å². The van der Waals surface area contributed by atoms with E-state index in [9.17, 15) is 4.79 Å². The number of hydrogen-bond acceptors (Lipinski definition) is 4. The maximum absolute atomic E-state index is 12.1. The molecule has 7 nitrogen and oxygen atoms in total. The molecular weight excluding hydrogens is 332 g/mol. The van der Waals surface area contributed by atoms with Crippen molar-refractivity contribution >= 4 is 12.1 Å². The van der Waals surface area contributed by atoms with Crippen molar-refractivity contribution in [1.29, 1.82) is 0 Å². The molecule has 26 heavy (non-hydrogen) atoms. The quantitative estimate of drug-likeness (QED) is 0.488. The number of rotatable bonds is 8. The second kappa shape index (κ2) is 9.50. The Morgan fingerprint density at radius 2 is 2.15 bits per heavy atom. The standard InChI is InChI=1S/C19H32N4O3/c1-5-20-17(21-11-10-15-7-6-12-25-15)22-13-16(14-8-9-14)23-18(24)26-19(2,3)4/h6-7,12,14,16H,5,8-11,13H2,1-4H3,(H,23,24)(H2,20,21,22). The molecule has 0 saturated heterocycles. The van der Waals surface area contributed by atoms with Crippen LogP contribution in [0.3, 0.4) is 0 Å². The second-order valence-corrected chi connectivity index (χ2v) is 7.57. The van der Waals surface area contributed by atoms with Gasteiger partial charge in [-0.15, -0.1) is 0 Å². The third-order valence-electron chi connectivity index (χ3n) is 3.93. The predicted octanol–water partition coefficient (Wildman–Crippen LogP) is 2.68. The molecule has 1 atom stereocenters. The van der Waals surface area contributed by atoms with E-state index in [1.165, 1.54) is 0 Å². The van der Waals surface area contributed by atoms with Crippen LogP contribution in [0.5, 0.6) is 0 Å². The Morgan fingerprint density at radius 1 is 1.38 bits per heavy atom. The molecule has 0 radical (unpaired) electrons. The lowest BCUT2D eigenvalue weighted by Crippen LogP contribution is -2.43. The first-order valence-corrected chi connectivity index (χ1v) is 9.41. The summed E-state index contributed by atoms with van der Waals surface area (Å²) < 4.78 is 10.7. The van der Waals surface area contributed by atoms with Gasteiger partial charge in [-0.05, 0) is 58.6 Å². The lowest BCUT2D eigenvalue weighted by Gasteiger charge is -2.23. The van der Waals surface area contributed by atoms with Crippen molar-refractivity contribution < 1.29 is 13.9 Å². The summed E-state index contributed by atoms with van der Waals surface area (Å²) in [7, 11) is 0. The van der Waals surface area contributed by atoms with Crippen LogP contribution in [0, 0.1) is 5.92 Å². The SMILES string of the molecule is CCNC(=NCC(NC(=O)OC(C)(C)C)C1CC1)NCCc1ccco1. The Morgan fingerprint density at radius 3 is 2.73 bits per heavy atom. The molecule has 0 bridgehead atoms. The van der Waals surface area contributed by atoms with Gasteiger partial charge in [0.15, 0.2) is 5.96 Å². The molecule has 1 fully saturated rings. The van der Waals surface area contributed by atoms with E-state index in [4.69, 9.17) is 9.15 Å². The fraction of sp³-hybridized carbons (Fsp3) is 0.684. The van der Waals surface area contributed by atoms with E-state index < -0.39 is 5.60 Å². The molecule has 3 N–H and O–H groups in total. The number of alkyl carbamates (subject to hydrolysis) is 1. The van der Waals surface area contributed by atoms with Crippen LogP contribution >= 0.6 is 0 Å². The zero-order valence-electron chi connectivity index (χ0n) is 16.3. The normalized spacial score (nSPS) is 16.1. The monoisotopic (exact) mass is 364 g/mol. The van der Waals surface area contributed by atoms with Crippen LogP contribution in [0.15, 0.2) is 27.8 Å². The summed E-state index contributed by atoms with van der Waals surface area (Å²) in [5.41, 5.74) is -0.496. The smallest absolute Gasteiger partial charge is 0.407 e. The maximum atomic E-state index is 12.1. The number of nitrogens with one attached hydrogen (secondary N) is 3. The molecule has 0 aromatic carbocycles. The van der Waals surface area contributed by atoms with E-state index in [-0.39, 0.29) is 12.1 Å². The largest absolute Gasteiger partial charge is 0.469 e. The number of ether oxygens (including phenoxy) is 1. The van der Waals surface area contributed by atoms with Gasteiger partial charge in [0.1, 0.15) is 11.4 Å². The molecule has 0 spiro atoms. The van der Waals surface area contributed by atoms with E-state index in [0.29, 0.717) is 12.5 Å². The van der Waals surface area contributed by atoms with Gasteiger partial charge in [0.2, 0.25) is 0 Å². The molecule has 7 heteroatoms. The van der Waals surface area contributed by atoms with Gasteiger partial charge in [-0.1, -0.05) is 0 Å². The van der Waals surface area contributed by atoms with Crippen molar-refractivity contribution in [3.63, 3.8) is 0 Å². The summed E-state index contributed by atoms with van der Waals surface area (Å²) >= 11 is 0. The third-order valence-corrected chi connectivity index (χ3v) is 3.93. The van der Waals surface area contributed by atoms with E-state index >= 15 is 0 Å². The molecule has 1 heterocycles. The van der Waals surface area contributed by atoms with Crippen LogP contribution in [-0.4, -0.2) is 43.3 Å². The fourth-order valence-electron chi connectivity index (χ4n) is 2.56. The Kier molecular flexibility index (Phi) is 7.36. The summed E-state index contributed by atoms with van der Waals surface area (Å²) in [6.45, 7) is 9.66. The highest BCUT2D eigenvalue weighted by atomic mass is 16.6. The predicted molar refractivity (Wildman–Crippen MR) is 102 cm³/mol. The molecule has 2 rings (SSSR count). The van der Waals surface area contributed by atoms with Crippen molar-refractivity contribution in [2.75, 3.05) is 19.6 Å².